The van der Waals surface area contributed by atoms with Crippen LogP contribution in [0, 0.1) is 0 Å². The monoisotopic (exact) mass is 214 g/mol. The molecule has 5 heteroatoms. The number of methoxy groups -OCH3 is 1. The summed E-state index contributed by atoms with van der Waals surface area (Å²) in [5.74, 6) is -0.104. The molecule has 0 saturated carbocycles. The van der Waals surface area contributed by atoms with E-state index in [0.29, 0.717) is 6.54 Å². The summed E-state index contributed by atoms with van der Waals surface area (Å²) >= 11 is 0. The number of likely N-dealkylation sites (N-methyl/N-ethyl adjacent to an activating group) is 1. The fourth-order valence-electron chi connectivity index (χ4n) is 1.83. The van der Waals surface area contributed by atoms with Crippen LogP contribution in [-0.4, -0.2) is 62.0 Å². The van der Waals surface area contributed by atoms with Gasteiger partial charge in [-0.25, -0.2) is 0 Å². The molecular weight excluding hydrogens is 196 g/mol. The van der Waals surface area contributed by atoms with Crippen molar-refractivity contribution >= 4 is 11.8 Å². The van der Waals surface area contributed by atoms with Crippen LogP contribution in [0.15, 0.2) is 0 Å². The standard InChI is InChI=1S/C10H18N2O3/c1-11(2)10(14)8-5-4-6-12(8)9(13)7-15-3/h8H,4-7H2,1-3H3. The van der Waals surface area contributed by atoms with Gasteiger partial charge in [-0.15, -0.1) is 0 Å². The molecule has 1 aliphatic heterocycles. The molecule has 2 amide bonds. The number of carbonyl (C=O) groups is 2. The van der Waals surface area contributed by atoms with E-state index in [9.17, 15) is 9.59 Å². The molecule has 0 bridgehead atoms. The molecule has 1 atom stereocenters. The van der Waals surface area contributed by atoms with E-state index < -0.39 is 0 Å². The third-order valence-electron chi connectivity index (χ3n) is 2.57. The Balaban J connectivity index is 2.64. The Morgan fingerprint density at radius 3 is 2.67 bits per heavy atom. The molecule has 0 radical (unpaired) electrons. The van der Waals surface area contributed by atoms with Gasteiger partial charge in [0.05, 0.1) is 0 Å². The second kappa shape index (κ2) is 5.11. The van der Waals surface area contributed by atoms with Crippen LogP contribution in [0.2, 0.25) is 0 Å². The molecule has 1 rings (SSSR count). The number of carbonyl (C=O) groups excluding carboxylic acids is 2. The van der Waals surface area contributed by atoms with E-state index in [1.165, 1.54) is 12.0 Å². The quantitative estimate of drug-likeness (QED) is 0.649. The van der Waals surface area contributed by atoms with E-state index in [4.69, 9.17) is 4.74 Å². The number of likely N-dealkylation sites (tertiary alicyclic amines) is 1. The molecular formula is C10H18N2O3. The van der Waals surface area contributed by atoms with E-state index in [1.54, 1.807) is 19.0 Å². The lowest BCUT2D eigenvalue weighted by Crippen LogP contribution is -2.46. The second-order valence-corrected chi connectivity index (χ2v) is 3.91. The van der Waals surface area contributed by atoms with Gasteiger partial charge >= 0.3 is 0 Å². The summed E-state index contributed by atoms with van der Waals surface area (Å²) in [5.41, 5.74) is 0. The average molecular weight is 214 g/mol. The van der Waals surface area contributed by atoms with Crippen LogP contribution in [-0.2, 0) is 14.3 Å². The van der Waals surface area contributed by atoms with Crippen molar-refractivity contribution in [2.24, 2.45) is 0 Å². The second-order valence-electron chi connectivity index (χ2n) is 3.91. The van der Waals surface area contributed by atoms with Gasteiger partial charge in [-0.3, -0.25) is 9.59 Å². The Bertz CT molecular complexity index is 253. The van der Waals surface area contributed by atoms with Gasteiger partial charge in [0, 0.05) is 27.7 Å². The molecule has 5 nitrogen and oxygen atoms in total. The topological polar surface area (TPSA) is 49.9 Å². The zero-order valence-corrected chi connectivity index (χ0v) is 9.52. The molecule has 0 N–H and O–H groups in total. The Morgan fingerprint density at radius 1 is 1.47 bits per heavy atom. The Hall–Kier alpha value is -1.10. The van der Waals surface area contributed by atoms with Crippen molar-refractivity contribution in [1.29, 1.82) is 0 Å². The highest BCUT2D eigenvalue weighted by Gasteiger charge is 2.34. The van der Waals surface area contributed by atoms with Crippen molar-refractivity contribution < 1.29 is 14.3 Å². The molecule has 1 heterocycles. The smallest absolute Gasteiger partial charge is 0.249 e. The highest BCUT2D eigenvalue weighted by Crippen LogP contribution is 2.18. The molecule has 0 aliphatic carbocycles. The number of rotatable bonds is 3. The highest BCUT2D eigenvalue weighted by atomic mass is 16.5. The largest absolute Gasteiger partial charge is 0.375 e. The van der Waals surface area contributed by atoms with Gasteiger partial charge in [0.1, 0.15) is 12.6 Å². The van der Waals surface area contributed by atoms with Crippen molar-refractivity contribution in [1.82, 2.24) is 9.80 Å². The van der Waals surface area contributed by atoms with Crippen molar-refractivity contribution in [2.45, 2.75) is 18.9 Å². The maximum Gasteiger partial charge on any atom is 0.249 e. The van der Waals surface area contributed by atoms with Crippen molar-refractivity contribution in [3.05, 3.63) is 0 Å². The van der Waals surface area contributed by atoms with E-state index in [2.05, 4.69) is 0 Å². The fraction of sp³-hybridized carbons (Fsp3) is 0.800. The summed E-state index contributed by atoms with van der Waals surface area (Å²) in [7, 11) is 4.90. The van der Waals surface area contributed by atoms with Gasteiger partial charge in [0.25, 0.3) is 0 Å². The van der Waals surface area contributed by atoms with E-state index >= 15 is 0 Å². The highest BCUT2D eigenvalue weighted by molar-refractivity contribution is 5.88. The number of nitrogens with zero attached hydrogens (tertiary/aromatic N) is 2. The van der Waals surface area contributed by atoms with Crippen LogP contribution >= 0.6 is 0 Å². The predicted octanol–water partition coefficient (Wildman–Crippen LogP) is -0.288. The number of amides is 2. The molecule has 0 aromatic heterocycles. The van der Waals surface area contributed by atoms with Gasteiger partial charge in [0.2, 0.25) is 11.8 Å². The average Bonchev–Trinajstić information content (AvgIpc) is 2.65. The summed E-state index contributed by atoms with van der Waals surface area (Å²) in [6.07, 6.45) is 1.65. The van der Waals surface area contributed by atoms with Crippen molar-refractivity contribution in [3.8, 4) is 0 Å². The van der Waals surface area contributed by atoms with Gasteiger partial charge < -0.3 is 14.5 Å². The minimum Gasteiger partial charge on any atom is -0.375 e. The van der Waals surface area contributed by atoms with Gasteiger partial charge in [-0.2, -0.15) is 0 Å². The maximum atomic E-state index is 11.8. The Morgan fingerprint density at radius 2 is 2.13 bits per heavy atom. The predicted molar refractivity (Wildman–Crippen MR) is 55.3 cm³/mol. The molecule has 1 aliphatic rings. The van der Waals surface area contributed by atoms with Crippen LogP contribution in [0.4, 0.5) is 0 Å². The van der Waals surface area contributed by atoms with Crippen molar-refractivity contribution in [3.63, 3.8) is 0 Å². The summed E-state index contributed by atoms with van der Waals surface area (Å²) in [6.45, 7) is 0.712. The number of hydrogen-bond donors (Lipinski definition) is 0. The minimum absolute atomic E-state index is 0.00282. The maximum absolute atomic E-state index is 11.8. The first kappa shape index (κ1) is 12.0. The number of hydrogen-bond acceptors (Lipinski definition) is 3. The summed E-state index contributed by atoms with van der Waals surface area (Å²) < 4.78 is 4.79. The first-order chi connectivity index (χ1) is 7.07. The van der Waals surface area contributed by atoms with Crippen LogP contribution in [0.3, 0.4) is 0 Å². The molecule has 0 spiro atoms. The first-order valence-electron chi connectivity index (χ1n) is 5.07. The lowest BCUT2D eigenvalue weighted by atomic mass is 10.2. The third-order valence-corrected chi connectivity index (χ3v) is 2.57. The van der Waals surface area contributed by atoms with Crippen LogP contribution in [0.5, 0.6) is 0 Å². The SMILES string of the molecule is COCC(=O)N1CCCC1C(=O)N(C)C. The molecule has 0 aromatic rings. The Kier molecular flexibility index (Phi) is 4.08. The van der Waals surface area contributed by atoms with E-state index in [-0.39, 0.29) is 24.5 Å². The van der Waals surface area contributed by atoms with Crippen LogP contribution in [0.1, 0.15) is 12.8 Å². The molecule has 1 unspecified atom stereocenters. The molecule has 86 valence electrons. The zero-order valence-electron chi connectivity index (χ0n) is 9.52. The number of ether oxygens (including phenoxy) is 1. The Labute approximate surface area is 90.0 Å². The van der Waals surface area contributed by atoms with Crippen LogP contribution in [0.25, 0.3) is 0 Å². The summed E-state index contributed by atoms with van der Waals surface area (Å²) in [5, 5.41) is 0. The van der Waals surface area contributed by atoms with Gasteiger partial charge in [-0.05, 0) is 12.8 Å². The molecule has 0 aromatic carbocycles. The zero-order chi connectivity index (χ0) is 11.4. The summed E-state index contributed by atoms with van der Waals surface area (Å²) in [4.78, 5) is 26.5. The van der Waals surface area contributed by atoms with Crippen molar-refractivity contribution in [2.75, 3.05) is 34.4 Å². The lowest BCUT2D eigenvalue weighted by Gasteiger charge is -2.25. The minimum atomic E-state index is -0.289. The normalized spacial score (nSPS) is 20.5. The van der Waals surface area contributed by atoms with Crippen LogP contribution < -0.4 is 0 Å². The summed E-state index contributed by atoms with van der Waals surface area (Å²) in [6, 6.07) is -0.289. The fourth-order valence-corrected chi connectivity index (χ4v) is 1.83. The molecule has 1 fully saturated rings. The van der Waals surface area contributed by atoms with Gasteiger partial charge in [0.15, 0.2) is 0 Å². The van der Waals surface area contributed by atoms with E-state index in [1.807, 2.05) is 0 Å². The third kappa shape index (κ3) is 2.68. The van der Waals surface area contributed by atoms with E-state index in [0.717, 1.165) is 12.8 Å². The van der Waals surface area contributed by atoms with Gasteiger partial charge in [-0.1, -0.05) is 0 Å². The molecule has 15 heavy (non-hydrogen) atoms. The lowest BCUT2D eigenvalue weighted by molar-refractivity contribution is -0.144. The first-order valence-corrected chi connectivity index (χ1v) is 5.07. The molecule has 1 saturated heterocycles.